The number of nitrogens with zero attached hydrogens (tertiary/aromatic N) is 2. The van der Waals surface area contributed by atoms with Gasteiger partial charge in [0.1, 0.15) is 5.82 Å². The zero-order valence-corrected chi connectivity index (χ0v) is 10.6. The molecule has 1 N–H and O–H groups in total. The van der Waals surface area contributed by atoms with Crippen LogP contribution in [-0.4, -0.2) is 24.6 Å². The van der Waals surface area contributed by atoms with E-state index in [1.54, 1.807) is 0 Å². The Hall–Kier alpha value is -1.94. The van der Waals surface area contributed by atoms with E-state index in [-0.39, 0.29) is 11.9 Å². The summed E-state index contributed by atoms with van der Waals surface area (Å²) in [7, 11) is 0. The number of pyridine rings is 1. The van der Waals surface area contributed by atoms with Crippen LogP contribution >= 0.6 is 0 Å². The molecule has 0 bridgehead atoms. The molecule has 1 fully saturated rings. The number of rotatable bonds is 2. The van der Waals surface area contributed by atoms with Crippen molar-refractivity contribution in [1.82, 2.24) is 10.3 Å². The molecular formula is C15H16FN3. The number of hydrogen-bond acceptors (Lipinski definition) is 3. The Bertz CT molecular complexity index is 527. The standard InChI is InChI=1S/C15H16FN3/c16-13-1-3-14(4-2-13)19-10-9-18-11-15(19)12-5-7-17-8-6-12/h1-8,15,18H,9-11H2. The molecule has 3 nitrogen and oxygen atoms in total. The van der Waals surface area contributed by atoms with Gasteiger partial charge < -0.3 is 10.2 Å². The van der Waals surface area contributed by atoms with E-state index in [9.17, 15) is 4.39 Å². The molecule has 1 aromatic carbocycles. The number of aromatic nitrogens is 1. The van der Waals surface area contributed by atoms with E-state index in [0.717, 1.165) is 25.3 Å². The Balaban J connectivity index is 1.91. The topological polar surface area (TPSA) is 28.2 Å². The van der Waals surface area contributed by atoms with Gasteiger partial charge in [0.25, 0.3) is 0 Å². The van der Waals surface area contributed by atoms with Crippen LogP contribution in [0.25, 0.3) is 0 Å². The zero-order valence-electron chi connectivity index (χ0n) is 10.6. The van der Waals surface area contributed by atoms with Crippen molar-refractivity contribution in [2.24, 2.45) is 0 Å². The normalized spacial score (nSPS) is 19.4. The zero-order chi connectivity index (χ0) is 13.1. The van der Waals surface area contributed by atoms with Gasteiger partial charge in [0.05, 0.1) is 6.04 Å². The molecule has 2 heterocycles. The highest BCUT2D eigenvalue weighted by Gasteiger charge is 2.23. The second-order valence-corrected chi connectivity index (χ2v) is 4.67. The minimum Gasteiger partial charge on any atom is -0.362 e. The Morgan fingerprint density at radius 1 is 1.11 bits per heavy atom. The van der Waals surface area contributed by atoms with Crippen LogP contribution in [0.15, 0.2) is 48.8 Å². The van der Waals surface area contributed by atoms with Gasteiger partial charge in [-0.3, -0.25) is 4.98 Å². The second-order valence-electron chi connectivity index (χ2n) is 4.67. The third-order valence-electron chi connectivity index (χ3n) is 3.49. The van der Waals surface area contributed by atoms with E-state index >= 15 is 0 Å². The van der Waals surface area contributed by atoms with Gasteiger partial charge in [-0.15, -0.1) is 0 Å². The molecule has 0 spiro atoms. The van der Waals surface area contributed by atoms with Gasteiger partial charge >= 0.3 is 0 Å². The molecule has 0 amide bonds. The number of nitrogens with one attached hydrogen (secondary N) is 1. The molecule has 1 aromatic heterocycles. The van der Waals surface area contributed by atoms with Crippen molar-refractivity contribution >= 4 is 5.69 Å². The van der Waals surface area contributed by atoms with Crippen molar-refractivity contribution in [1.29, 1.82) is 0 Å². The van der Waals surface area contributed by atoms with Crippen molar-refractivity contribution in [2.45, 2.75) is 6.04 Å². The van der Waals surface area contributed by atoms with Crippen LogP contribution in [0, 0.1) is 5.82 Å². The second kappa shape index (κ2) is 5.36. The van der Waals surface area contributed by atoms with Crippen molar-refractivity contribution in [2.75, 3.05) is 24.5 Å². The number of anilines is 1. The van der Waals surface area contributed by atoms with Crippen LogP contribution in [-0.2, 0) is 0 Å². The largest absolute Gasteiger partial charge is 0.362 e. The summed E-state index contributed by atoms with van der Waals surface area (Å²) in [6.45, 7) is 2.75. The fourth-order valence-electron chi connectivity index (χ4n) is 2.53. The van der Waals surface area contributed by atoms with Crippen molar-refractivity contribution in [3.05, 3.63) is 60.2 Å². The van der Waals surface area contributed by atoms with E-state index in [2.05, 4.69) is 15.2 Å². The lowest BCUT2D eigenvalue weighted by molar-refractivity contribution is 0.489. The summed E-state index contributed by atoms with van der Waals surface area (Å²) < 4.78 is 13.0. The lowest BCUT2D eigenvalue weighted by Crippen LogP contribution is -2.46. The van der Waals surface area contributed by atoms with E-state index in [0.29, 0.717) is 0 Å². The van der Waals surface area contributed by atoms with Gasteiger partial charge in [0.15, 0.2) is 0 Å². The molecule has 0 radical (unpaired) electrons. The lowest BCUT2D eigenvalue weighted by atomic mass is 10.0. The van der Waals surface area contributed by atoms with Gasteiger partial charge in [-0.05, 0) is 42.0 Å². The molecule has 4 heteroatoms. The highest BCUT2D eigenvalue weighted by molar-refractivity contribution is 5.49. The van der Waals surface area contributed by atoms with Gasteiger partial charge in [0.2, 0.25) is 0 Å². The molecule has 1 aliphatic rings. The molecule has 0 saturated carbocycles. The molecule has 1 aliphatic heterocycles. The Labute approximate surface area is 112 Å². The van der Waals surface area contributed by atoms with Crippen molar-refractivity contribution in [3.63, 3.8) is 0 Å². The van der Waals surface area contributed by atoms with Crippen LogP contribution in [0.5, 0.6) is 0 Å². The third-order valence-corrected chi connectivity index (χ3v) is 3.49. The summed E-state index contributed by atoms with van der Waals surface area (Å²) in [5.41, 5.74) is 2.29. The van der Waals surface area contributed by atoms with Crippen LogP contribution in [0.1, 0.15) is 11.6 Å². The first-order chi connectivity index (χ1) is 9.34. The summed E-state index contributed by atoms with van der Waals surface area (Å²) in [5, 5.41) is 3.41. The fourth-order valence-corrected chi connectivity index (χ4v) is 2.53. The molecule has 98 valence electrons. The van der Waals surface area contributed by atoms with Gasteiger partial charge in [-0.25, -0.2) is 4.39 Å². The fraction of sp³-hybridized carbons (Fsp3) is 0.267. The SMILES string of the molecule is Fc1ccc(N2CCNCC2c2ccncc2)cc1. The maximum Gasteiger partial charge on any atom is 0.123 e. The Morgan fingerprint density at radius 3 is 2.58 bits per heavy atom. The quantitative estimate of drug-likeness (QED) is 0.895. The highest BCUT2D eigenvalue weighted by atomic mass is 19.1. The first-order valence-electron chi connectivity index (χ1n) is 6.47. The smallest absolute Gasteiger partial charge is 0.123 e. The molecule has 0 aliphatic carbocycles. The van der Waals surface area contributed by atoms with Gasteiger partial charge in [-0.2, -0.15) is 0 Å². The van der Waals surface area contributed by atoms with Gasteiger partial charge in [0, 0.05) is 37.7 Å². The van der Waals surface area contributed by atoms with E-state index in [1.165, 1.54) is 17.7 Å². The molecule has 19 heavy (non-hydrogen) atoms. The van der Waals surface area contributed by atoms with E-state index in [1.807, 2.05) is 36.7 Å². The summed E-state index contributed by atoms with van der Waals surface area (Å²) in [6.07, 6.45) is 3.62. The summed E-state index contributed by atoms with van der Waals surface area (Å²) >= 11 is 0. The average molecular weight is 257 g/mol. The summed E-state index contributed by atoms with van der Waals surface area (Å²) in [6, 6.07) is 11.1. The Morgan fingerprint density at radius 2 is 1.84 bits per heavy atom. The van der Waals surface area contributed by atoms with Crippen LogP contribution in [0.3, 0.4) is 0 Å². The van der Waals surface area contributed by atoms with Crippen LogP contribution in [0.2, 0.25) is 0 Å². The lowest BCUT2D eigenvalue weighted by Gasteiger charge is -2.38. The first kappa shape index (κ1) is 12.1. The number of piperazine rings is 1. The Kier molecular flexibility index (Phi) is 3.42. The van der Waals surface area contributed by atoms with Crippen LogP contribution < -0.4 is 10.2 Å². The molecular weight excluding hydrogens is 241 g/mol. The molecule has 1 unspecified atom stereocenters. The molecule has 3 rings (SSSR count). The molecule has 1 saturated heterocycles. The maximum absolute atomic E-state index is 13.0. The number of hydrogen-bond donors (Lipinski definition) is 1. The summed E-state index contributed by atoms with van der Waals surface area (Å²) in [5.74, 6) is -0.195. The van der Waals surface area contributed by atoms with E-state index < -0.39 is 0 Å². The average Bonchev–Trinajstić information content (AvgIpc) is 2.49. The van der Waals surface area contributed by atoms with Crippen molar-refractivity contribution < 1.29 is 4.39 Å². The van der Waals surface area contributed by atoms with Crippen LogP contribution in [0.4, 0.5) is 10.1 Å². The van der Waals surface area contributed by atoms with Crippen molar-refractivity contribution in [3.8, 4) is 0 Å². The number of benzene rings is 1. The maximum atomic E-state index is 13.0. The molecule has 2 aromatic rings. The first-order valence-corrected chi connectivity index (χ1v) is 6.47. The van der Waals surface area contributed by atoms with Gasteiger partial charge in [-0.1, -0.05) is 0 Å². The minimum atomic E-state index is -0.195. The summed E-state index contributed by atoms with van der Waals surface area (Å²) in [4.78, 5) is 6.37. The minimum absolute atomic E-state index is 0.195. The number of halogens is 1. The third kappa shape index (κ3) is 2.58. The van der Waals surface area contributed by atoms with E-state index in [4.69, 9.17) is 0 Å². The predicted molar refractivity (Wildman–Crippen MR) is 73.6 cm³/mol. The highest BCUT2D eigenvalue weighted by Crippen LogP contribution is 2.28. The monoisotopic (exact) mass is 257 g/mol. The predicted octanol–water partition coefficient (Wildman–Crippen LogP) is 2.37. The molecule has 1 atom stereocenters.